The summed E-state index contributed by atoms with van der Waals surface area (Å²) in [4.78, 5) is 17.4. The Labute approximate surface area is 195 Å². The molecule has 5 nitrogen and oxygen atoms in total. The van der Waals surface area contributed by atoms with Crippen LogP contribution in [0.4, 0.5) is 10.5 Å². The normalized spacial score (nSPS) is 16.7. The first-order valence-electron chi connectivity index (χ1n) is 10.7. The molecule has 2 aromatic rings. The minimum absolute atomic E-state index is 0.0397. The van der Waals surface area contributed by atoms with Gasteiger partial charge in [0.05, 0.1) is 10.0 Å². The summed E-state index contributed by atoms with van der Waals surface area (Å²) in [6.45, 7) is 12.1. The van der Waals surface area contributed by atoms with Gasteiger partial charge in [0, 0.05) is 51.0 Å². The second kappa shape index (κ2) is 10.7. The van der Waals surface area contributed by atoms with Crippen LogP contribution in [0.25, 0.3) is 0 Å². The van der Waals surface area contributed by atoms with Crippen LogP contribution in [0.1, 0.15) is 26.3 Å². The van der Waals surface area contributed by atoms with Crippen molar-refractivity contribution in [2.24, 2.45) is 5.41 Å². The van der Waals surface area contributed by atoms with E-state index in [1.807, 2.05) is 48.5 Å². The standard InChI is InChI=1S/C24H32Cl2N4O/c1-24(2,3)22(28-23(31)27-19-7-5-4-6-8-19)17-30-13-11-29(12-14-30)16-18-9-10-20(25)21(26)15-18/h4-10,15,22H,11-14,16-17H2,1-3H3,(H2,27,28,31). The molecule has 2 aromatic carbocycles. The van der Waals surface area contributed by atoms with E-state index in [-0.39, 0.29) is 17.5 Å². The zero-order chi connectivity index (χ0) is 22.4. The van der Waals surface area contributed by atoms with Gasteiger partial charge in [0.2, 0.25) is 0 Å². The highest BCUT2D eigenvalue weighted by atomic mass is 35.5. The van der Waals surface area contributed by atoms with Gasteiger partial charge in [-0.05, 0) is 35.2 Å². The summed E-state index contributed by atoms with van der Waals surface area (Å²) in [5.74, 6) is 0. The van der Waals surface area contributed by atoms with Crippen LogP contribution < -0.4 is 10.6 Å². The number of carbonyl (C=O) groups excluding carboxylic acids is 1. The van der Waals surface area contributed by atoms with Crippen molar-refractivity contribution in [3.63, 3.8) is 0 Å². The van der Waals surface area contributed by atoms with Crippen molar-refractivity contribution in [1.82, 2.24) is 15.1 Å². The number of hydrogen-bond acceptors (Lipinski definition) is 3. The first kappa shape index (κ1) is 23.9. The van der Waals surface area contributed by atoms with Crippen molar-refractivity contribution >= 4 is 34.9 Å². The minimum Gasteiger partial charge on any atom is -0.333 e. The van der Waals surface area contributed by atoms with E-state index in [0.717, 1.165) is 45.0 Å². The number of carbonyl (C=O) groups is 1. The molecule has 0 spiro atoms. The molecule has 1 heterocycles. The van der Waals surface area contributed by atoms with Crippen molar-refractivity contribution in [3.8, 4) is 0 Å². The molecule has 0 radical (unpaired) electrons. The summed E-state index contributed by atoms with van der Waals surface area (Å²) >= 11 is 12.2. The third-order valence-electron chi connectivity index (χ3n) is 5.68. The molecular weight excluding hydrogens is 431 g/mol. The largest absolute Gasteiger partial charge is 0.333 e. The zero-order valence-corrected chi connectivity index (χ0v) is 20.0. The van der Waals surface area contributed by atoms with E-state index in [4.69, 9.17) is 23.2 Å². The van der Waals surface area contributed by atoms with Crippen LogP contribution >= 0.6 is 23.2 Å². The Morgan fingerprint density at radius 3 is 2.23 bits per heavy atom. The number of amides is 2. The number of anilines is 1. The Morgan fingerprint density at radius 2 is 1.61 bits per heavy atom. The second-order valence-corrected chi connectivity index (χ2v) is 10.0. The zero-order valence-electron chi connectivity index (χ0n) is 18.5. The highest BCUT2D eigenvalue weighted by Crippen LogP contribution is 2.24. The van der Waals surface area contributed by atoms with Gasteiger partial charge >= 0.3 is 6.03 Å². The summed E-state index contributed by atoms with van der Waals surface area (Å²) in [5, 5.41) is 7.30. The molecule has 1 saturated heterocycles. The number of benzene rings is 2. The van der Waals surface area contributed by atoms with Crippen LogP contribution in [0.15, 0.2) is 48.5 Å². The third-order valence-corrected chi connectivity index (χ3v) is 6.42. The second-order valence-electron chi connectivity index (χ2n) is 9.21. The lowest BCUT2D eigenvalue weighted by atomic mass is 9.86. The molecule has 1 unspecified atom stereocenters. The van der Waals surface area contributed by atoms with Crippen LogP contribution in [-0.2, 0) is 6.54 Å². The molecule has 0 saturated carbocycles. The Balaban J connectivity index is 1.50. The van der Waals surface area contributed by atoms with E-state index in [1.165, 1.54) is 5.56 Å². The van der Waals surface area contributed by atoms with E-state index in [2.05, 4.69) is 41.2 Å². The van der Waals surface area contributed by atoms with E-state index in [0.29, 0.717) is 10.0 Å². The van der Waals surface area contributed by atoms with Gasteiger partial charge in [0.15, 0.2) is 0 Å². The van der Waals surface area contributed by atoms with Crippen LogP contribution in [0, 0.1) is 5.41 Å². The average molecular weight is 463 g/mol. The minimum atomic E-state index is -0.163. The van der Waals surface area contributed by atoms with Crippen LogP contribution in [0.3, 0.4) is 0 Å². The van der Waals surface area contributed by atoms with Crippen LogP contribution in [0.2, 0.25) is 10.0 Å². The van der Waals surface area contributed by atoms with Crippen molar-refractivity contribution < 1.29 is 4.79 Å². The van der Waals surface area contributed by atoms with Crippen LogP contribution in [0.5, 0.6) is 0 Å². The number of urea groups is 1. The predicted molar refractivity (Wildman–Crippen MR) is 130 cm³/mol. The van der Waals surface area contributed by atoms with Crippen molar-refractivity contribution in [2.75, 3.05) is 38.0 Å². The molecule has 31 heavy (non-hydrogen) atoms. The lowest BCUT2D eigenvalue weighted by Gasteiger charge is -2.40. The molecule has 168 valence electrons. The lowest BCUT2D eigenvalue weighted by Crippen LogP contribution is -2.55. The maximum absolute atomic E-state index is 12.5. The molecule has 3 rings (SSSR count). The first-order chi connectivity index (χ1) is 14.7. The van der Waals surface area contributed by atoms with Gasteiger partial charge in [-0.1, -0.05) is 68.2 Å². The number of para-hydroxylation sites is 1. The predicted octanol–water partition coefficient (Wildman–Crippen LogP) is 5.35. The summed E-state index contributed by atoms with van der Waals surface area (Å²) in [6.07, 6.45) is 0. The summed E-state index contributed by atoms with van der Waals surface area (Å²) < 4.78 is 0. The molecule has 2 N–H and O–H groups in total. The Kier molecular flexibility index (Phi) is 8.23. The fourth-order valence-corrected chi connectivity index (χ4v) is 3.99. The summed E-state index contributed by atoms with van der Waals surface area (Å²) in [6, 6.07) is 15.2. The molecule has 1 aliphatic heterocycles. The molecule has 1 aliphatic rings. The van der Waals surface area contributed by atoms with Gasteiger partial charge in [-0.25, -0.2) is 4.79 Å². The van der Waals surface area contributed by atoms with E-state index >= 15 is 0 Å². The van der Waals surface area contributed by atoms with Gasteiger partial charge in [-0.2, -0.15) is 0 Å². The number of nitrogens with one attached hydrogen (secondary N) is 2. The van der Waals surface area contributed by atoms with Gasteiger partial charge in [0.1, 0.15) is 0 Å². The maximum atomic E-state index is 12.5. The maximum Gasteiger partial charge on any atom is 0.319 e. The van der Waals surface area contributed by atoms with Crippen molar-refractivity contribution in [2.45, 2.75) is 33.4 Å². The topological polar surface area (TPSA) is 47.6 Å². The van der Waals surface area contributed by atoms with E-state index in [1.54, 1.807) is 0 Å². The average Bonchev–Trinajstić information content (AvgIpc) is 2.72. The molecule has 0 bridgehead atoms. The van der Waals surface area contributed by atoms with Gasteiger partial charge < -0.3 is 10.6 Å². The highest BCUT2D eigenvalue weighted by molar-refractivity contribution is 6.42. The molecule has 1 fully saturated rings. The Morgan fingerprint density at radius 1 is 0.968 bits per heavy atom. The summed E-state index contributed by atoms with van der Waals surface area (Å²) in [5.41, 5.74) is 1.92. The molecule has 0 aromatic heterocycles. The van der Waals surface area contributed by atoms with Gasteiger partial charge in [-0.3, -0.25) is 9.80 Å². The van der Waals surface area contributed by atoms with Crippen molar-refractivity contribution in [1.29, 1.82) is 0 Å². The highest BCUT2D eigenvalue weighted by Gasteiger charge is 2.29. The molecule has 0 aliphatic carbocycles. The first-order valence-corrected chi connectivity index (χ1v) is 11.5. The smallest absolute Gasteiger partial charge is 0.319 e. The fraction of sp³-hybridized carbons (Fsp3) is 0.458. The van der Waals surface area contributed by atoms with E-state index < -0.39 is 0 Å². The molecule has 7 heteroatoms. The fourth-order valence-electron chi connectivity index (χ4n) is 3.67. The third kappa shape index (κ3) is 7.39. The Bertz CT molecular complexity index is 862. The molecule has 2 amide bonds. The number of piperazine rings is 1. The molecule has 1 atom stereocenters. The summed E-state index contributed by atoms with van der Waals surface area (Å²) in [7, 11) is 0. The van der Waals surface area contributed by atoms with Gasteiger partial charge in [-0.15, -0.1) is 0 Å². The lowest BCUT2D eigenvalue weighted by molar-refractivity contribution is 0.101. The SMILES string of the molecule is CC(C)(C)C(CN1CCN(Cc2ccc(Cl)c(Cl)c2)CC1)NC(=O)Nc1ccccc1. The van der Waals surface area contributed by atoms with E-state index in [9.17, 15) is 4.79 Å². The number of rotatable bonds is 6. The molecular formula is C24H32Cl2N4O. The number of nitrogens with zero attached hydrogens (tertiary/aromatic N) is 2. The number of hydrogen-bond donors (Lipinski definition) is 2. The monoisotopic (exact) mass is 462 g/mol. The van der Waals surface area contributed by atoms with Gasteiger partial charge in [0.25, 0.3) is 0 Å². The Hall–Kier alpha value is -1.79. The van der Waals surface area contributed by atoms with Crippen LogP contribution in [-0.4, -0.2) is 54.6 Å². The van der Waals surface area contributed by atoms with Crippen molar-refractivity contribution in [3.05, 3.63) is 64.1 Å². The number of halogens is 2. The quantitative estimate of drug-likeness (QED) is 0.608.